The number of nitrogens with zero attached hydrogens (tertiary/aromatic N) is 2. The molecule has 0 saturated carbocycles. The predicted octanol–water partition coefficient (Wildman–Crippen LogP) is 1.55. The molecule has 0 atom stereocenters. The van der Waals surface area contributed by atoms with Gasteiger partial charge in [0.05, 0.1) is 17.9 Å². The largest absolute Gasteiger partial charge is 0.417 e. The molecular formula is C11H11F3N2O3S. The van der Waals surface area contributed by atoms with Crippen molar-refractivity contribution in [2.24, 2.45) is 0 Å². The fourth-order valence-corrected chi connectivity index (χ4v) is 3.46. The molecule has 1 aromatic carbocycles. The lowest BCUT2D eigenvalue weighted by Crippen LogP contribution is -2.42. The van der Waals surface area contributed by atoms with Gasteiger partial charge < -0.3 is 4.90 Å². The van der Waals surface area contributed by atoms with Crippen LogP contribution in [0.3, 0.4) is 0 Å². The molecule has 0 unspecified atom stereocenters. The van der Waals surface area contributed by atoms with Gasteiger partial charge in [-0.3, -0.25) is 4.79 Å². The summed E-state index contributed by atoms with van der Waals surface area (Å²) in [5.41, 5.74) is -1.75. The average molecular weight is 308 g/mol. The van der Waals surface area contributed by atoms with Crippen molar-refractivity contribution in [2.75, 3.05) is 25.7 Å². The first kappa shape index (κ1) is 14.8. The van der Waals surface area contributed by atoms with Crippen molar-refractivity contribution in [1.82, 2.24) is 4.31 Å². The minimum Gasteiger partial charge on any atom is -0.359 e. The van der Waals surface area contributed by atoms with Crippen LogP contribution in [-0.2, 0) is 16.2 Å². The van der Waals surface area contributed by atoms with Crippen molar-refractivity contribution in [3.05, 3.63) is 23.3 Å². The van der Waals surface area contributed by atoms with Gasteiger partial charge in [-0.1, -0.05) is 0 Å². The van der Waals surface area contributed by atoms with Gasteiger partial charge >= 0.3 is 6.18 Å². The maximum absolute atomic E-state index is 12.9. The fourth-order valence-electron chi connectivity index (χ4n) is 2.05. The molecule has 20 heavy (non-hydrogen) atoms. The van der Waals surface area contributed by atoms with Crippen molar-refractivity contribution in [1.29, 1.82) is 0 Å². The smallest absolute Gasteiger partial charge is 0.359 e. The molecule has 1 aliphatic heterocycles. The first-order valence-electron chi connectivity index (χ1n) is 5.47. The quantitative estimate of drug-likeness (QED) is 0.739. The zero-order valence-electron chi connectivity index (χ0n) is 10.6. The lowest BCUT2D eigenvalue weighted by molar-refractivity contribution is -0.138. The summed E-state index contributed by atoms with van der Waals surface area (Å²) in [5, 5.41) is 0. The second kappa shape index (κ2) is 4.45. The molecule has 1 heterocycles. The van der Waals surface area contributed by atoms with Gasteiger partial charge in [0.1, 0.15) is 4.90 Å². The van der Waals surface area contributed by atoms with Gasteiger partial charge in [0, 0.05) is 19.7 Å². The van der Waals surface area contributed by atoms with Crippen LogP contribution >= 0.6 is 0 Å². The van der Waals surface area contributed by atoms with Crippen LogP contribution in [0.2, 0.25) is 0 Å². The highest BCUT2D eigenvalue weighted by atomic mass is 32.2. The molecule has 0 aliphatic carbocycles. The summed E-state index contributed by atoms with van der Waals surface area (Å²) in [7, 11) is -1.18. The number of hydrogen-bond acceptors (Lipinski definition) is 4. The van der Waals surface area contributed by atoms with E-state index in [1.807, 2.05) is 0 Å². The highest BCUT2D eigenvalue weighted by Gasteiger charge is 2.39. The standard InChI is InChI=1S/C11H11F3N2O3S/c1-15-6-16(2)20(18,19)10-4-8(11(12,13)14)7(5-17)3-9(10)15/h3-5H,6H2,1-2H3. The van der Waals surface area contributed by atoms with Crippen molar-refractivity contribution in [2.45, 2.75) is 11.1 Å². The molecule has 0 bridgehead atoms. The van der Waals surface area contributed by atoms with Gasteiger partial charge in [-0.15, -0.1) is 0 Å². The SMILES string of the molecule is CN1CN(C)S(=O)(=O)c2cc(C(F)(F)F)c(C=O)cc21. The molecule has 0 N–H and O–H groups in total. The van der Waals surface area contributed by atoms with E-state index in [2.05, 4.69) is 0 Å². The number of carbonyl (C=O) groups is 1. The molecule has 0 saturated heterocycles. The van der Waals surface area contributed by atoms with E-state index in [0.717, 1.165) is 10.4 Å². The highest BCUT2D eigenvalue weighted by molar-refractivity contribution is 7.89. The van der Waals surface area contributed by atoms with E-state index >= 15 is 0 Å². The molecule has 0 amide bonds. The van der Waals surface area contributed by atoms with Crippen LogP contribution in [-0.4, -0.2) is 39.8 Å². The molecule has 110 valence electrons. The molecular weight excluding hydrogens is 297 g/mol. The third kappa shape index (κ3) is 2.16. The molecule has 9 heteroatoms. The number of hydrogen-bond donors (Lipinski definition) is 0. The Morgan fingerprint density at radius 1 is 1.25 bits per heavy atom. The maximum Gasteiger partial charge on any atom is 0.417 e. The molecule has 0 radical (unpaired) electrons. The second-order valence-electron chi connectivity index (χ2n) is 4.47. The summed E-state index contributed by atoms with van der Waals surface area (Å²) in [6.07, 6.45) is -4.72. The Bertz CT molecular complexity index is 670. The Morgan fingerprint density at radius 2 is 1.85 bits per heavy atom. The van der Waals surface area contributed by atoms with Crippen LogP contribution in [0.4, 0.5) is 18.9 Å². The maximum atomic E-state index is 12.9. The second-order valence-corrected chi connectivity index (χ2v) is 6.48. The number of halogens is 3. The number of aldehydes is 1. The van der Waals surface area contributed by atoms with E-state index in [-0.39, 0.29) is 18.6 Å². The van der Waals surface area contributed by atoms with Crippen LogP contribution in [0.5, 0.6) is 0 Å². The zero-order valence-corrected chi connectivity index (χ0v) is 11.4. The van der Waals surface area contributed by atoms with Gasteiger partial charge in [-0.25, -0.2) is 8.42 Å². The first-order valence-corrected chi connectivity index (χ1v) is 6.91. The minimum atomic E-state index is -4.80. The van der Waals surface area contributed by atoms with Gasteiger partial charge in [-0.05, 0) is 12.1 Å². The highest BCUT2D eigenvalue weighted by Crippen LogP contribution is 2.39. The summed E-state index contributed by atoms with van der Waals surface area (Å²) >= 11 is 0. The Hall–Kier alpha value is -1.61. The Balaban J connectivity index is 2.81. The van der Waals surface area contributed by atoms with Gasteiger partial charge in [0.2, 0.25) is 10.0 Å². The van der Waals surface area contributed by atoms with Crippen LogP contribution in [0, 0.1) is 0 Å². The number of alkyl halides is 3. The third-order valence-corrected chi connectivity index (χ3v) is 4.89. The van der Waals surface area contributed by atoms with Gasteiger partial charge in [0.15, 0.2) is 6.29 Å². The summed E-state index contributed by atoms with van der Waals surface area (Å²) in [5.74, 6) is 0. The lowest BCUT2D eigenvalue weighted by atomic mass is 10.1. The first-order chi connectivity index (χ1) is 9.09. The summed E-state index contributed by atoms with van der Waals surface area (Å²) in [6.45, 7) is -0.000997. The lowest BCUT2D eigenvalue weighted by Gasteiger charge is -2.34. The van der Waals surface area contributed by atoms with Crippen LogP contribution in [0.25, 0.3) is 0 Å². The van der Waals surface area contributed by atoms with E-state index in [0.29, 0.717) is 6.07 Å². The minimum absolute atomic E-state index is 0.000997. The van der Waals surface area contributed by atoms with Gasteiger partial charge in [-0.2, -0.15) is 17.5 Å². The number of benzene rings is 1. The summed E-state index contributed by atoms with van der Waals surface area (Å²) < 4.78 is 63.7. The molecule has 2 rings (SSSR count). The number of fused-ring (bicyclic) bond motifs is 1. The fraction of sp³-hybridized carbons (Fsp3) is 0.364. The molecule has 1 aromatic rings. The zero-order chi connectivity index (χ0) is 15.3. The topological polar surface area (TPSA) is 57.7 Å². The van der Waals surface area contributed by atoms with Crippen LogP contribution in [0.1, 0.15) is 15.9 Å². The van der Waals surface area contributed by atoms with Crippen molar-refractivity contribution in [3.63, 3.8) is 0 Å². The summed E-state index contributed by atoms with van der Waals surface area (Å²) in [6, 6.07) is 1.47. The number of anilines is 1. The molecule has 5 nitrogen and oxygen atoms in total. The number of carbonyl (C=O) groups excluding carboxylic acids is 1. The Morgan fingerprint density at radius 3 is 2.35 bits per heavy atom. The van der Waals surface area contributed by atoms with E-state index in [1.165, 1.54) is 19.0 Å². The monoisotopic (exact) mass is 308 g/mol. The Kier molecular flexibility index (Phi) is 3.29. The van der Waals surface area contributed by atoms with E-state index in [9.17, 15) is 26.4 Å². The van der Waals surface area contributed by atoms with Crippen LogP contribution < -0.4 is 4.90 Å². The van der Waals surface area contributed by atoms with E-state index in [4.69, 9.17) is 0 Å². The van der Waals surface area contributed by atoms with Crippen LogP contribution in [0.15, 0.2) is 17.0 Å². The Labute approximate surface area is 113 Å². The van der Waals surface area contributed by atoms with E-state index < -0.39 is 32.2 Å². The number of rotatable bonds is 1. The van der Waals surface area contributed by atoms with Gasteiger partial charge in [0.25, 0.3) is 0 Å². The molecule has 0 fully saturated rings. The summed E-state index contributed by atoms with van der Waals surface area (Å²) in [4.78, 5) is 11.8. The number of sulfonamides is 1. The molecule has 1 aliphatic rings. The average Bonchev–Trinajstić information content (AvgIpc) is 2.34. The molecule has 0 aromatic heterocycles. The van der Waals surface area contributed by atoms with Crippen molar-refractivity contribution < 1.29 is 26.4 Å². The third-order valence-electron chi connectivity index (χ3n) is 3.07. The predicted molar refractivity (Wildman–Crippen MR) is 65.1 cm³/mol. The van der Waals surface area contributed by atoms with Crippen molar-refractivity contribution >= 4 is 22.0 Å². The molecule has 0 spiro atoms. The normalized spacial score (nSPS) is 18.8. The van der Waals surface area contributed by atoms with Crippen molar-refractivity contribution in [3.8, 4) is 0 Å². The van der Waals surface area contributed by atoms with E-state index in [1.54, 1.807) is 0 Å².